The van der Waals surface area contributed by atoms with Crippen LogP contribution in [0.3, 0.4) is 0 Å². The third kappa shape index (κ3) is 3.93. The fourth-order valence-electron chi connectivity index (χ4n) is 1.34. The molecule has 3 nitrogen and oxygen atoms in total. The Balaban J connectivity index is 2.97. The van der Waals surface area contributed by atoms with Crippen LogP contribution in [-0.2, 0) is 4.79 Å². The van der Waals surface area contributed by atoms with E-state index in [1.807, 2.05) is 0 Å². The number of carbonyl (C=O) groups is 1. The van der Waals surface area contributed by atoms with Crippen molar-refractivity contribution in [2.24, 2.45) is 11.1 Å². The first kappa shape index (κ1) is 16.9. The molecule has 0 atom stereocenters. The van der Waals surface area contributed by atoms with Crippen LogP contribution in [0.4, 0.5) is 14.5 Å². The molecule has 0 aliphatic heterocycles. The lowest BCUT2D eigenvalue weighted by molar-refractivity contribution is -0.126. The number of hydrogen-bond donors (Lipinski definition) is 2. The zero-order valence-corrected chi connectivity index (χ0v) is 12.9. The molecule has 0 radical (unpaired) electrons. The van der Waals surface area contributed by atoms with E-state index in [0.29, 0.717) is 22.3 Å². The van der Waals surface area contributed by atoms with Crippen LogP contribution < -0.4 is 11.1 Å². The predicted octanol–water partition coefficient (Wildman–Crippen LogP) is 3.70. The maximum absolute atomic E-state index is 12.5. The highest BCUT2D eigenvalue weighted by molar-refractivity contribution is 7.99. The number of rotatable bonds is 5. The van der Waals surface area contributed by atoms with Crippen molar-refractivity contribution in [3.63, 3.8) is 0 Å². The average molecular weight is 302 g/mol. The number of amides is 1. The van der Waals surface area contributed by atoms with E-state index < -0.39 is 16.7 Å². The average Bonchev–Trinajstić information content (AvgIpc) is 2.29. The maximum Gasteiger partial charge on any atom is 0.288 e. The molecular formula is C14H20F2N2OS. The van der Waals surface area contributed by atoms with Gasteiger partial charge in [0, 0.05) is 10.4 Å². The Labute approximate surface area is 122 Å². The molecule has 0 aliphatic rings. The summed E-state index contributed by atoms with van der Waals surface area (Å²) in [5.41, 5.74) is 4.80. The van der Waals surface area contributed by atoms with Gasteiger partial charge >= 0.3 is 0 Å². The highest BCUT2D eigenvalue weighted by Crippen LogP contribution is 2.34. The normalized spacial score (nSPS) is 12.6. The zero-order chi connectivity index (χ0) is 15.6. The number of nitrogens with one attached hydrogen (secondary N) is 1. The highest BCUT2D eigenvalue weighted by Gasteiger charge is 2.40. The van der Waals surface area contributed by atoms with E-state index in [1.165, 1.54) is 0 Å². The summed E-state index contributed by atoms with van der Waals surface area (Å²) in [5, 5.41) is 2.69. The monoisotopic (exact) mass is 302 g/mol. The van der Waals surface area contributed by atoms with E-state index in [0.717, 1.165) is 0 Å². The minimum Gasteiger partial charge on any atom is -0.325 e. The lowest BCUT2D eigenvalue weighted by Crippen LogP contribution is -2.53. The number of nitrogens with two attached hydrogens (primary N) is 1. The molecule has 1 amide bonds. The molecule has 6 heteroatoms. The van der Waals surface area contributed by atoms with E-state index >= 15 is 0 Å². The van der Waals surface area contributed by atoms with Crippen LogP contribution in [0, 0.1) is 5.41 Å². The van der Waals surface area contributed by atoms with Gasteiger partial charge in [-0.2, -0.15) is 8.78 Å². The summed E-state index contributed by atoms with van der Waals surface area (Å²) in [5.74, 6) is -2.83. The lowest BCUT2D eigenvalue weighted by atomic mass is 9.74. The van der Waals surface area contributed by atoms with Gasteiger partial charge in [0.15, 0.2) is 0 Å². The second-order valence-corrected chi connectivity index (χ2v) is 6.71. The number of thioether (sulfide) groups is 1. The minimum atomic E-state index is -2.54. The van der Waals surface area contributed by atoms with E-state index in [4.69, 9.17) is 5.73 Å². The summed E-state index contributed by atoms with van der Waals surface area (Å²) in [4.78, 5) is 12.7. The number of hydrogen-bond acceptors (Lipinski definition) is 3. The Hall–Kier alpha value is -1.14. The van der Waals surface area contributed by atoms with Crippen LogP contribution in [0.25, 0.3) is 0 Å². The summed E-state index contributed by atoms with van der Waals surface area (Å²) in [6.45, 7) is 6.97. The number of para-hydroxylation sites is 1. The molecule has 0 bridgehead atoms. The zero-order valence-electron chi connectivity index (χ0n) is 12.0. The van der Waals surface area contributed by atoms with Crippen LogP contribution in [0.1, 0.15) is 27.7 Å². The summed E-state index contributed by atoms with van der Waals surface area (Å²) in [6, 6.07) is 6.49. The number of halogens is 2. The van der Waals surface area contributed by atoms with Gasteiger partial charge in [0.25, 0.3) is 5.76 Å². The lowest BCUT2D eigenvalue weighted by Gasteiger charge is -2.37. The standard InChI is InChI=1S/C14H20F2N2OS/c1-13(2,14(3,4)17)11(19)18-9-7-5-6-8-10(9)20-12(15)16/h5-8,12H,17H2,1-4H3,(H,18,19). The summed E-state index contributed by atoms with van der Waals surface area (Å²) in [7, 11) is 0. The summed E-state index contributed by atoms with van der Waals surface area (Å²) >= 11 is 0.406. The number of anilines is 1. The smallest absolute Gasteiger partial charge is 0.288 e. The molecule has 0 spiro atoms. The van der Waals surface area contributed by atoms with Crippen molar-refractivity contribution in [2.45, 2.75) is 43.9 Å². The van der Waals surface area contributed by atoms with Crippen LogP contribution >= 0.6 is 11.8 Å². The van der Waals surface area contributed by atoms with Crippen molar-refractivity contribution >= 4 is 23.4 Å². The Bertz CT molecular complexity index is 484. The molecule has 0 saturated heterocycles. The largest absolute Gasteiger partial charge is 0.325 e. The molecule has 112 valence electrons. The van der Waals surface area contributed by atoms with Crippen molar-refractivity contribution in [2.75, 3.05) is 5.32 Å². The first-order valence-corrected chi connectivity index (χ1v) is 7.08. The van der Waals surface area contributed by atoms with Crippen LogP contribution in [-0.4, -0.2) is 17.2 Å². The molecular weight excluding hydrogens is 282 g/mol. The van der Waals surface area contributed by atoms with Gasteiger partial charge in [0.05, 0.1) is 11.1 Å². The van der Waals surface area contributed by atoms with E-state index in [-0.39, 0.29) is 5.91 Å². The third-order valence-corrected chi connectivity index (χ3v) is 4.32. The molecule has 0 heterocycles. The van der Waals surface area contributed by atoms with Gasteiger partial charge in [0.2, 0.25) is 5.91 Å². The van der Waals surface area contributed by atoms with Gasteiger partial charge in [-0.25, -0.2) is 0 Å². The fraction of sp³-hybridized carbons (Fsp3) is 0.500. The quantitative estimate of drug-likeness (QED) is 0.815. The second-order valence-electron chi connectivity index (χ2n) is 5.68. The third-order valence-electron chi connectivity index (χ3n) is 3.53. The number of alkyl halides is 2. The molecule has 3 N–H and O–H groups in total. The molecule has 1 aromatic carbocycles. The molecule has 0 saturated carbocycles. The van der Waals surface area contributed by atoms with Crippen LogP contribution in [0.15, 0.2) is 29.2 Å². The Morgan fingerprint density at radius 3 is 2.30 bits per heavy atom. The maximum atomic E-state index is 12.5. The first-order valence-electron chi connectivity index (χ1n) is 6.20. The predicted molar refractivity (Wildman–Crippen MR) is 79.0 cm³/mol. The van der Waals surface area contributed by atoms with Crippen molar-refractivity contribution in [1.82, 2.24) is 0 Å². The molecule has 1 aromatic rings. The van der Waals surface area contributed by atoms with Gasteiger partial charge < -0.3 is 11.1 Å². The Morgan fingerprint density at radius 1 is 1.25 bits per heavy atom. The Kier molecular flexibility index (Phi) is 5.15. The summed E-state index contributed by atoms with van der Waals surface area (Å²) in [6.07, 6.45) is 0. The Morgan fingerprint density at radius 2 is 1.80 bits per heavy atom. The van der Waals surface area contributed by atoms with Crippen molar-refractivity contribution < 1.29 is 13.6 Å². The van der Waals surface area contributed by atoms with Gasteiger partial charge in [-0.1, -0.05) is 23.9 Å². The summed E-state index contributed by atoms with van der Waals surface area (Å²) < 4.78 is 25.0. The molecule has 0 aliphatic carbocycles. The topological polar surface area (TPSA) is 55.1 Å². The molecule has 0 aromatic heterocycles. The van der Waals surface area contributed by atoms with Crippen molar-refractivity contribution in [3.8, 4) is 0 Å². The number of benzene rings is 1. The van der Waals surface area contributed by atoms with Gasteiger partial charge in [0.1, 0.15) is 0 Å². The second kappa shape index (κ2) is 6.10. The molecule has 0 unspecified atom stereocenters. The minimum absolute atomic E-state index is 0.299. The number of carbonyl (C=O) groups excluding carboxylic acids is 1. The van der Waals surface area contributed by atoms with E-state index in [9.17, 15) is 13.6 Å². The first-order chi connectivity index (χ1) is 9.05. The van der Waals surface area contributed by atoms with Crippen molar-refractivity contribution in [1.29, 1.82) is 0 Å². The molecule has 1 rings (SSSR count). The van der Waals surface area contributed by atoms with E-state index in [1.54, 1.807) is 52.0 Å². The van der Waals surface area contributed by atoms with E-state index in [2.05, 4.69) is 5.32 Å². The molecule has 0 fully saturated rings. The highest BCUT2D eigenvalue weighted by atomic mass is 32.2. The van der Waals surface area contributed by atoms with Crippen LogP contribution in [0.2, 0.25) is 0 Å². The van der Waals surface area contributed by atoms with Gasteiger partial charge in [-0.3, -0.25) is 4.79 Å². The van der Waals surface area contributed by atoms with Crippen LogP contribution in [0.5, 0.6) is 0 Å². The SMILES string of the molecule is CC(C)(N)C(C)(C)C(=O)Nc1ccccc1SC(F)F. The fourth-order valence-corrected chi connectivity index (χ4v) is 1.93. The van der Waals surface area contributed by atoms with Gasteiger partial charge in [-0.15, -0.1) is 0 Å². The molecule has 20 heavy (non-hydrogen) atoms. The van der Waals surface area contributed by atoms with Gasteiger partial charge in [-0.05, 0) is 39.8 Å². The van der Waals surface area contributed by atoms with Crippen molar-refractivity contribution in [3.05, 3.63) is 24.3 Å².